The lowest BCUT2D eigenvalue weighted by Gasteiger charge is -2.29. The summed E-state index contributed by atoms with van der Waals surface area (Å²) in [6.07, 6.45) is 2.07. The van der Waals surface area contributed by atoms with Crippen molar-refractivity contribution >= 4 is 23.4 Å². The fourth-order valence-corrected chi connectivity index (χ4v) is 3.77. The monoisotopic (exact) mass is 327 g/mol. The van der Waals surface area contributed by atoms with Crippen LogP contribution in [0.25, 0.3) is 0 Å². The molecular formula is C18H21N3OS. The van der Waals surface area contributed by atoms with Gasteiger partial charge < -0.3 is 4.90 Å². The van der Waals surface area contributed by atoms with E-state index in [0.717, 1.165) is 36.5 Å². The zero-order valence-electron chi connectivity index (χ0n) is 13.8. The molecule has 120 valence electrons. The van der Waals surface area contributed by atoms with Gasteiger partial charge in [0.05, 0.1) is 5.75 Å². The second-order valence-electron chi connectivity index (χ2n) is 6.00. The Morgan fingerprint density at radius 3 is 2.65 bits per heavy atom. The molecule has 5 heteroatoms. The molecule has 0 atom stereocenters. The molecule has 3 rings (SSSR count). The summed E-state index contributed by atoms with van der Waals surface area (Å²) >= 11 is 1.41. The number of hydrogen-bond donors (Lipinski definition) is 0. The number of nitrogens with zero attached hydrogens (tertiary/aromatic N) is 3. The first kappa shape index (κ1) is 16.0. The third-order valence-corrected chi connectivity index (χ3v) is 4.77. The number of benzene rings is 1. The molecule has 2 heterocycles. The van der Waals surface area contributed by atoms with Crippen molar-refractivity contribution in [3.8, 4) is 0 Å². The number of hydrogen-bond acceptors (Lipinski definition) is 4. The molecule has 0 saturated heterocycles. The first-order chi connectivity index (χ1) is 11.0. The molecule has 0 aliphatic carbocycles. The van der Waals surface area contributed by atoms with Crippen molar-refractivity contribution in [3.05, 3.63) is 46.8 Å². The molecule has 2 aromatic rings. The Morgan fingerprint density at radius 1 is 1.17 bits per heavy atom. The fourth-order valence-electron chi connectivity index (χ4n) is 2.95. The molecule has 1 aromatic heterocycles. The van der Waals surface area contributed by atoms with Gasteiger partial charge in [-0.2, -0.15) is 0 Å². The summed E-state index contributed by atoms with van der Waals surface area (Å²) in [7, 11) is 0. The van der Waals surface area contributed by atoms with Gasteiger partial charge in [0.1, 0.15) is 0 Å². The lowest BCUT2D eigenvalue weighted by Crippen LogP contribution is -2.36. The molecule has 4 nitrogen and oxygen atoms in total. The molecule has 0 bridgehead atoms. The van der Waals surface area contributed by atoms with Gasteiger partial charge in [-0.15, -0.1) is 0 Å². The van der Waals surface area contributed by atoms with Gasteiger partial charge in [0.2, 0.25) is 5.91 Å². The van der Waals surface area contributed by atoms with E-state index < -0.39 is 0 Å². The van der Waals surface area contributed by atoms with Gasteiger partial charge in [0.15, 0.2) is 5.16 Å². The largest absolute Gasteiger partial charge is 0.311 e. The van der Waals surface area contributed by atoms with Crippen molar-refractivity contribution in [2.75, 3.05) is 17.2 Å². The maximum absolute atomic E-state index is 12.6. The summed E-state index contributed by atoms with van der Waals surface area (Å²) in [6.45, 7) is 6.78. The number of amides is 1. The topological polar surface area (TPSA) is 46.1 Å². The highest BCUT2D eigenvalue weighted by Gasteiger charge is 2.22. The summed E-state index contributed by atoms with van der Waals surface area (Å²) in [5.74, 6) is 0.499. The van der Waals surface area contributed by atoms with E-state index in [9.17, 15) is 4.79 Å². The van der Waals surface area contributed by atoms with Gasteiger partial charge in [-0.1, -0.05) is 29.5 Å². The van der Waals surface area contributed by atoms with E-state index >= 15 is 0 Å². The lowest BCUT2D eigenvalue weighted by molar-refractivity contribution is -0.116. The van der Waals surface area contributed by atoms with Crippen molar-refractivity contribution < 1.29 is 4.79 Å². The number of fused-ring (bicyclic) bond motifs is 1. The Bertz CT molecular complexity index is 725. The van der Waals surface area contributed by atoms with E-state index in [0.29, 0.717) is 10.9 Å². The van der Waals surface area contributed by atoms with Crippen LogP contribution < -0.4 is 4.90 Å². The van der Waals surface area contributed by atoms with Crippen LogP contribution in [0.1, 0.15) is 28.9 Å². The first-order valence-corrected chi connectivity index (χ1v) is 8.86. The normalized spacial score (nSPS) is 13.8. The highest BCUT2D eigenvalue weighted by molar-refractivity contribution is 7.99. The van der Waals surface area contributed by atoms with Crippen LogP contribution in [0.2, 0.25) is 0 Å². The standard InChI is InChI=1S/C18H21N3OS/c1-12-6-7-16-15(9-12)5-4-8-21(16)17(22)11-23-18-19-13(2)10-14(3)20-18/h6-7,9-10H,4-5,8,11H2,1-3H3. The summed E-state index contributed by atoms with van der Waals surface area (Å²) in [5.41, 5.74) is 5.46. The molecule has 0 unspecified atom stereocenters. The van der Waals surface area contributed by atoms with E-state index in [1.54, 1.807) is 0 Å². The van der Waals surface area contributed by atoms with E-state index in [2.05, 4.69) is 35.1 Å². The van der Waals surface area contributed by atoms with Crippen molar-refractivity contribution in [1.82, 2.24) is 9.97 Å². The van der Waals surface area contributed by atoms with Gasteiger partial charge in [-0.25, -0.2) is 9.97 Å². The van der Waals surface area contributed by atoms with E-state index in [4.69, 9.17) is 0 Å². The van der Waals surface area contributed by atoms with Crippen LogP contribution in [0.5, 0.6) is 0 Å². The molecule has 0 N–H and O–H groups in total. The Morgan fingerprint density at radius 2 is 1.91 bits per heavy atom. The van der Waals surface area contributed by atoms with Crippen molar-refractivity contribution in [1.29, 1.82) is 0 Å². The predicted molar refractivity (Wildman–Crippen MR) is 94.1 cm³/mol. The Labute approximate surface area is 141 Å². The van der Waals surface area contributed by atoms with Crippen LogP contribution >= 0.6 is 11.8 Å². The molecule has 1 aliphatic rings. The Hall–Kier alpha value is -1.88. The summed E-state index contributed by atoms with van der Waals surface area (Å²) in [5, 5.41) is 0.678. The number of carbonyl (C=O) groups excluding carboxylic acids is 1. The summed E-state index contributed by atoms with van der Waals surface area (Å²) in [6, 6.07) is 8.27. The maximum Gasteiger partial charge on any atom is 0.237 e. The molecule has 0 radical (unpaired) electrons. The Kier molecular flexibility index (Phi) is 4.66. The van der Waals surface area contributed by atoms with Crippen LogP contribution in [0.3, 0.4) is 0 Å². The Balaban J connectivity index is 1.72. The van der Waals surface area contributed by atoms with Gasteiger partial charge in [-0.05, 0) is 51.3 Å². The minimum absolute atomic E-state index is 0.127. The zero-order chi connectivity index (χ0) is 16.4. The van der Waals surface area contributed by atoms with Crippen LogP contribution in [-0.4, -0.2) is 28.2 Å². The molecule has 1 aromatic carbocycles. The number of anilines is 1. The predicted octanol–water partition coefficient (Wildman–Crippen LogP) is 3.47. The van der Waals surface area contributed by atoms with Gasteiger partial charge in [0.25, 0.3) is 0 Å². The molecule has 23 heavy (non-hydrogen) atoms. The van der Waals surface area contributed by atoms with Crippen molar-refractivity contribution in [2.45, 2.75) is 38.8 Å². The SMILES string of the molecule is Cc1ccc2c(c1)CCCN2C(=O)CSc1nc(C)cc(C)n1. The average Bonchev–Trinajstić information content (AvgIpc) is 2.51. The van der Waals surface area contributed by atoms with Crippen LogP contribution in [0, 0.1) is 20.8 Å². The van der Waals surface area contributed by atoms with E-state index in [1.165, 1.54) is 22.9 Å². The van der Waals surface area contributed by atoms with E-state index in [-0.39, 0.29) is 5.91 Å². The van der Waals surface area contributed by atoms with Gasteiger partial charge in [0, 0.05) is 23.6 Å². The van der Waals surface area contributed by atoms with Crippen LogP contribution in [0.4, 0.5) is 5.69 Å². The van der Waals surface area contributed by atoms with Gasteiger partial charge >= 0.3 is 0 Å². The minimum Gasteiger partial charge on any atom is -0.311 e. The first-order valence-electron chi connectivity index (χ1n) is 7.88. The summed E-state index contributed by atoms with van der Waals surface area (Å²) in [4.78, 5) is 23.3. The number of aromatic nitrogens is 2. The van der Waals surface area contributed by atoms with E-state index in [1.807, 2.05) is 24.8 Å². The average molecular weight is 327 g/mol. The second kappa shape index (κ2) is 6.71. The lowest BCUT2D eigenvalue weighted by atomic mass is 10.00. The third-order valence-electron chi connectivity index (χ3n) is 3.94. The smallest absolute Gasteiger partial charge is 0.237 e. The highest BCUT2D eigenvalue weighted by atomic mass is 32.2. The number of carbonyl (C=O) groups is 1. The number of rotatable bonds is 3. The molecule has 0 spiro atoms. The quantitative estimate of drug-likeness (QED) is 0.640. The molecule has 0 saturated carbocycles. The maximum atomic E-state index is 12.6. The summed E-state index contributed by atoms with van der Waals surface area (Å²) < 4.78 is 0. The third kappa shape index (κ3) is 3.72. The van der Waals surface area contributed by atoms with Gasteiger partial charge in [-0.3, -0.25) is 4.79 Å². The van der Waals surface area contributed by atoms with Crippen LogP contribution in [0.15, 0.2) is 29.4 Å². The number of aryl methyl sites for hydroxylation is 4. The fraction of sp³-hybridized carbons (Fsp3) is 0.389. The minimum atomic E-state index is 0.127. The highest BCUT2D eigenvalue weighted by Crippen LogP contribution is 2.29. The van der Waals surface area contributed by atoms with Crippen molar-refractivity contribution in [2.24, 2.45) is 0 Å². The van der Waals surface area contributed by atoms with Crippen LogP contribution in [-0.2, 0) is 11.2 Å². The second-order valence-corrected chi connectivity index (χ2v) is 6.95. The number of thioether (sulfide) groups is 1. The molecule has 1 aliphatic heterocycles. The molecular weight excluding hydrogens is 306 g/mol. The molecule has 0 fully saturated rings. The molecule has 1 amide bonds. The van der Waals surface area contributed by atoms with Crippen molar-refractivity contribution in [3.63, 3.8) is 0 Å². The zero-order valence-corrected chi connectivity index (χ0v) is 14.6.